The zero-order valence-electron chi connectivity index (χ0n) is 19.2. The topological polar surface area (TPSA) is 99.8 Å². The van der Waals surface area contributed by atoms with Gasteiger partial charge in [-0.3, -0.25) is 9.59 Å². The molecule has 31 heavy (non-hydrogen) atoms. The van der Waals surface area contributed by atoms with Crippen molar-refractivity contribution in [3.63, 3.8) is 0 Å². The lowest BCUT2D eigenvalue weighted by molar-refractivity contribution is -0.124. The lowest BCUT2D eigenvalue weighted by atomic mass is 9.88. The maximum absolute atomic E-state index is 12.9. The Bertz CT molecular complexity index is 740. The zero-order chi connectivity index (χ0) is 23.0. The van der Waals surface area contributed by atoms with E-state index in [9.17, 15) is 14.4 Å². The van der Waals surface area contributed by atoms with Crippen LogP contribution in [0.3, 0.4) is 0 Å². The highest BCUT2D eigenvalue weighted by molar-refractivity contribution is 5.97. The second-order valence-corrected chi connectivity index (χ2v) is 8.75. The van der Waals surface area contributed by atoms with Crippen molar-refractivity contribution in [3.05, 3.63) is 29.8 Å². The molecule has 0 radical (unpaired) electrons. The molecule has 1 aromatic carbocycles. The first-order chi connectivity index (χ1) is 14.7. The Morgan fingerprint density at radius 2 is 1.65 bits per heavy atom. The number of ether oxygens (including phenoxy) is 1. The number of carbonyl (C=O) groups is 3. The molecule has 1 aliphatic heterocycles. The van der Waals surface area contributed by atoms with E-state index in [-0.39, 0.29) is 29.8 Å². The van der Waals surface area contributed by atoms with Gasteiger partial charge >= 0.3 is 6.03 Å². The van der Waals surface area contributed by atoms with Crippen LogP contribution in [0.15, 0.2) is 24.3 Å². The van der Waals surface area contributed by atoms with Crippen molar-refractivity contribution < 1.29 is 19.1 Å². The van der Waals surface area contributed by atoms with E-state index in [0.717, 1.165) is 0 Å². The van der Waals surface area contributed by atoms with E-state index in [2.05, 4.69) is 16.0 Å². The number of nitrogens with zero attached hydrogens (tertiary/aromatic N) is 1. The summed E-state index contributed by atoms with van der Waals surface area (Å²) in [6.45, 7) is 9.55. The molecule has 0 bridgehead atoms. The van der Waals surface area contributed by atoms with Crippen molar-refractivity contribution in [2.24, 2.45) is 11.8 Å². The molecule has 1 aromatic rings. The number of piperidine rings is 1. The predicted octanol–water partition coefficient (Wildman–Crippen LogP) is 2.40. The van der Waals surface area contributed by atoms with Gasteiger partial charge < -0.3 is 25.6 Å². The van der Waals surface area contributed by atoms with Gasteiger partial charge in [0.2, 0.25) is 5.91 Å². The molecule has 2 rings (SSSR count). The molecule has 172 valence electrons. The molecule has 0 aromatic heterocycles. The second-order valence-electron chi connectivity index (χ2n) is 8.75. The minimum absolute atomic E-state index is 0.0440. The fourth-order valence-electron chi connectivity index (χ4n) is 3.55. The molecule has 1 saturated heterocycles. The van der Waals surface area contributed by atoms with E-state index in [1.165, 1.54) is 0 Å². The van der Waals surface area contributed by atoms with Crippen molar-refractivity contribution >= 4 is 17.8 Å². The van der Waals surface area contributed by atoms with Gasteiger partial charge in [-0.1, -0.05) is 13.8 Å². The Morgan fingerprint density at radius 1 is 1.03 bits per heavy atom. The molecule has 3 N–H and O–H groups in total. The van der Waals surface area contributed by atoms with Crippen molar-refractivity contribution in [3.8, 4) is 5.75 Å². The number of likely N-dealkylation sites (tertiary alicyclic amines) is 1. The van der Waals surface area contributed by atoms with Crippen LogP contribution >= 0.6 is 0 Å². The number of methoxy groups -OCH3 is 1. The molecule has 4 amide bonds. The van der Waals surface area contributed by atoms with Crippen molar-refractivity contribution in [2.45, 2.75) is 52.6 Å². The lowest BCUT2D eigenvalue weighted by Crippen LogP contribution is -2.55. The Balaban J connectivity index is 2.07. The van der Waals surface area contributed by atoms with Crippen molar-refractivity contribution in [1.82, 2.24) is 20.9 Å². The molecular formula is C23H36N4O4. The number of rotatable bonds is 8. The first-order valence-electron chi connectivity index (χ1n) is 11.0. The number of urea groups is 1. The third-order valence-electron chi connectivity index (χ3n) is 5.32. The minimum atomic E-state index is -0.649. The molecule has 1 aliphatic rings. The van der Waals surface area contributed by atoms with E-state index in [0.29, 0.717) is 49.7 Å². The summed E-state index contributed by atoms with van der Waals surface area (Å²) in [6.07, 6.45) is 1.29. The molecular weight excluding hydrogens is 396 g/mol. The monoisotopic (exact) mass is 432 g/mol. The van der Waals surface area contributed by atoms with Crippen LogP contribution in [0.2, 0.25) is 0 Å². The van der Waals surface area contributed by atoms with E-state index in [1.807, 2.05) is 27.7 Å². The number of carbonyl (C=O) groups excluding carboxylic acids is 3. The molecule has 0 aliphatic carbocycles. The van der Waals surface area contributed by atoms with Crippen LogP contribution in [0.25, 0.3) is 0 Å². The molecule has 0 spiro atoms. The molecule has 8 nitrogen and oxygen atoms in total. The number of benzene rings is 1. The van der Waals surface area contributed by atoms with Crippen LogP contribution in [0.1, 0.15) is 50.9 Å². The highest BCUT2D eigenvalue weighted by atomic mass is 16.5. The molecule has 0 saturated carbocycles. The van der Waals surface area contributed by atoms with Gasteiger partial charge in [-0.15, -0.1) is 0 Å². The summed E-state index contributed by atoms with van der Waals surface area (Å²) in [6, 6.07) is 6.12. The number of nitrogens with one attached hydrogen (secondary N) is 3. The van der Waals surface area contributed by atoms with Gasteiger partial charge in [-0.25, -0.2) is 4.79 Å². The largest absolute Gasteiger partial charge is 0.497 e. The number of hydrogen-bond donors (Lipinski definition) is 3. The van der Waals surface area contributed by atoms with Crippen molar-refractivity contribution in [2.75, 3.05) is 26.7 Å². The van der Waals surface area contributed by atoms with Gasteiger partial charge in [0.25, 0.3) is 5.91 Å². The average Bonchev–Trinajstić information content (AvgIpc) is 2.75. The maximum atomic E-state index is 12.9. The van der Waals surface area contributed by atoms with Gasteiger partial charge in [0.05, 0.1) is 7.11 Å². The van der Waals surface area contributed by atoms with E-state index in [4.69, 9.17) is 4.74 Å². The third-order valence-corrected chi connectivity index (χ3v) is 5.32. The third kappa shape index (κ3) is 7.45. The molecule has 8 heteroatoms. The summed E-state index contributed by atoms with van der Waals surface area (Å²) < 4.78 is 5.14. The summed E-state index contributed by atoms with van der Waals surface area (Å²) in [4.78, 5) is 39.8. The van der Waals surface area contributed by atoms with Crippen LogP contribution < -0.4 is 20.7 Å². The number of amides is 4. The standard InChI is InChI=1S/C23H36N4O4/c1-15(2)14-24-22(29)20(26-21(28)18-6-8-19(31-5)9-7-18)17-10-12-27(13-11-17)23(30)25-16(3)4/h6-9,15-17,20H,10-14H2,1-5H3,(H,24,29)(H,25,30)(H,26,28). The van der Waals surface area contributed by atoms with Crippen LogP contribution in [0.5, 0.6) is 5.75 Å². The Hall–Kier alpha value is -2.77. The fourth-order valence-corrected chi connectivity index (χ4v) is 3.55. The van der Waals surface area contributed by atoms with Gasteiger partial charge in [0.1, 0.15) is 11.8 Å². The van der Waals surface area contributed by atoms with Crippen LogP contribution in [0, 0.1) is 11.8 Å². The second kappa shape index (κ2) is 11.6. The quantitative estimate of drug-likeness (QED) is 0.587. The molecule has 1 atom stereocenters. The summed E-state index contributed by atoms with van der Waals surface area (Å²) >= 11 is 0. The van der Waals surface area contributed by atoms with Gasteiger partial charge in [-0.05, 0) is 62.8 Å². The van der Waals surface area contributed by atoms with Gasteiger partial charge in [-0.2, -0.15) is 0 Å². The van der Waals surface area contributed by atoms with Crippen LogP contribution in [-0.4, -0.2) is 61.6 Å². The number of hydrogen-bond acceptors (Lipinski definition) is 4. The highest BCUT2D eigenvalue weighted by Gasteiger charge is 2.34. The summed E-state index contributed by atoms with van der Waals surface area (Å²) in [5.74, 6) is 0.448. The zero-order valence-corrected chi connectivity index (χ0v) is 19.2. The maximum Gasteiger partial charge on any atom is 0.317 e. The SMILES string of the molecule is COc1ccc(C(=O)NC(C(=O)NCC(C)C)C2CCN(C(=O)NC(C)C)CC2)cc1. The Kier molecular flexibility index (Phi) is 9.15. The predicted molar refractivity (Wildman–Crippen MR) is 120 cm³/mol. The Morgan fingerprint density at radius 3 is 2.16 bits per heavy atom. The summed E-state index contributed by atoms with van der Waals surface area (Å²) in [5, 5.41) is 8.78. The van der Waals surface area contributed by atoms with Gasteiger partial charge in [0, 0.05) is 31.2 Å². The van der Waals surface area contributed by atoms with Gasteiger partial charge in [0.15, 0.2) is 0 Å². The molecule has 1 fully saturated rings. The average molecular weight is 433 g/mol. The van der Waals surface area contributed by atoms with E-state index >= 15 is 0 Å². The smallest absolute Gasteiger partial charge is 0.317 e. The molecule has 1 heterocycles. The van der Waals surface area contributed by atoms with Crippen LogP contribution in [0.4, 0.5) is 4.79 Å². The lowest BCUT2D eigenvalue weighted by Gasteiger charge is -2.36. The molecule has 1 unspecified atom stereocenters. The minimum Gasteiger partial charge on any atom is -0.497 e. The Labute approximate surface area is 185 Å². The summed E-state index contributed by atoms with van der Waals surface area (Å²) in [5.41, 5.74) is 0.469. The van der Waals surface area contributed by atoms with E-state index < -0.39 is 6.04 Å². The van der Waals surface area contributed by atoms with Crippen molar-refractivity contribution in [1.29, 1.82) is 0 Å². The first-order valence-corrected chi connectivity index (χ1v) is 11.0. The fraction of sp³-hybridized carbons (Fsp3) is 0.609. The van der Waals surface area contributed by atoms with Crippen LogP contribution in [-0.2, 0) is 4.79 Å². The summed E-state index contributed by atoms with van der Waals surface area (Å²) in [7, 11) is 1.57. The highest BCUT2D eigenvalue weighted by Crippen LogP contribution is 2.22. The van der Waals surface area contributed by atoms with E-state index in [1.54, 1.807) is 36.3 Å². The first kappa shape index (κ1) is 24.5. The normalized spacial score (nSPS) is 15.5.